The number of anilines is 2. The van der Waals surface area contributed by atoms with Gasteiger partial charge in [0.2, 0.25) is 5.88 Å². The minimum absolute atomic E-state index is 0.526. The van der Waals surface area contributed by atoms with Crippen molar-refractivity contribution in [1.29, 1.82) is 5.26 Å². The molecular weight excluding hydrogens is 276 g/mol. The fourth-order valence-electron chi connectivity index (χ4n) is 1.85. The first-order valence-corrected chi connectivity index (χ1v) is 6.65. The minimum Gasteiger partial charge on any atom is -0.439 e. The average Bonchev–Trinajstić information content (AvgIpc) is 2.57. The van der Waals surface area contributed by atoms with Crippen LogP contribution in [0.25, 0.3) is 0 Å². The molecule has 5 heteroatoms. The number of rotatable bonds is 4. The summed E-state index contributed by atoms with van der Waals surface area (Å²) in [5.41, 5.74) is 1.36. The van der Waals surface area contributed by atoms with Crippen LogP contribution in [0.15, 0.2) is 67.0 Å². The van der Waals surface area contributed by atoms with E-state index >= 15 is 0 Å². The molecule has 2 heterocycles. The largest absolute Gasteiger partial charge is 0.439 e. The Bertz CT molecular complexity index is 795. The maximum atomic E-state index is 8.76. The normalized spacial score (nSPS) is 9.77. The van der Waals surface area contributed by atoms with E-state index < -0.39 is 0 Å². The topological polar surface area (TPSA) is 70.8 Å². The molecular formula is C17H12N4O. The molecule has 106 valence electrons. The molecule has 1 N–H and O–H groups in total. The van der Waals surface area contributed by atoms with Gasteiger partial charge in [-0.25, -0.2) is 9.97 Å². The van der Waals surface area contributed by atoms with E-state index in [0.717, 1.165) is 5.69 Å². The van der Waals surface area contributed by atoms with Gasteiger partial charge in [0.05, 0.1) is 5.56 Å². The molecule has 0 saturated carbocycles. The monoisotopic (exact) mass is 288 g/mol. The Morgan fingerprint density at radius 1 is 1.00 bits per heavy atom. The molecule has 2 aromatic heterocycles. The fourth-order valence-corrected chi connectivity index (χ4v) is 1.85. The van der Waals surface area contributed by atoms with Crippen molar-refractivity contribution in [1.82, 2.24) is 9.97 Å². The van der Waals surface area contributed by atoms with Crippen LogP contribution in [0.1, 0.15) is 5.56 Å². The quantitative estimate of drug-likeness (QED) is 0.788. The first-order valence-electron chi connectivity index (χ1n) is 6.65. The van der Waals surface area contributed by atoms with Crippen LogP contribution in [0.2, 0.25) is 0 Å². The van der Waals surface area contributed by atoms with Gasteiger partial charge in [-0.15, -0.1) is 0 Å². The van der Waals surface area contributed by atoms with Gasteiger partial charge in [-0.05, 0) is 30.3 Å². The second-order valence-electron chi connectivity index (χ2n) is 4.47. The van der Waals surface area contributed by atoms with Gasteiger partial charge in [0, 0.05) is 30.2 Å². The Hall–Kier alpha value is -3.39. The van der Waals surface area contributed by atoms with Crippen LogP contribution in [0, 0.1) is 11.3 Å². The maximum Gasteiger partial charge on any atom is 0.219 e. The fraction of sp³-hybridized carbons (Fsp3) is 0. The van der Waals surface area contributed by atoms with Crippen molar-refractivity contribution in [3.63, 3.8) is 0 Å². The zero-order chi connectivity index (χ0) is 15.2. The summed E-state index contributed by atoms with van der Waals surface area (Å²) in [6, 6.07) is 18.5. The summed E-state index contributed by atoms with van der Waals surface area (Å²) in [5.74, 6) is 1.88. The van der Waals surface area contributed by atoms with Gasteiger partial charge in [-0.2, -0.15) is 5.26 Å². The molecule has 0 radical (unpaired) electrons. The van der Waals surface area contributed by atoms with Gasteiger partial charge >= 0.3 is 0 Å². The van der Waals surface area contributed by atoms with Crippen LogP contribution >= 0.6 is 0 Å². The third-order valence-corrected chi connectivity index (χ3v) is 2.86. The zero-order valence-electron chi connectivity index (χ0n) is 11.6. The molecule has 0 bridgehead atoms. The number of hydrogen-bond acceptors (Lipinski definition) is 5. The lowest BCUT2D eigenvalue weighted by atomic mass is 10.3. The number of nitriles is 1. The van der Waals surface area contributed by atoms with Crippen molar-refractivity contribution >= 4 is 11.5 Å². The summed E-state index contributed by atoms with van der Waals surface area (Å²) in [5, 5.41) is 11.9. The number of hydrogen-bond donors (Lipinski definition) is 1. The lowest BCUT2D eigenvalue weighted by Gasteiger charge is -2.08. The van der Waals surface area contributed by atoms with Crippen molar-refractivity contribution in [2.24, 2.45) is 0 Å². The minimum atomic E-state index is 0.526. The summed E-state index contributed by atoms with van der Waals surface area (Å²) in [4.78, 5) is 8.29. The van der Waals surface area contributed by atoms with Crippen LogP contribution < -0.4 is 10.1 Å². The van der Waals surface area contributed by atoms with Crippen molar-refractivity contribution in [2.75, 3.05) is 5.32 Å². The lowest BCUT2D eigenvalue weighted by molar-refractivity contribution is 0.463. The Balaban J connectivity index is 1.74. The molecule has 3 rings (SSSR count). The molecule has 0 atom stereocenters. The van der Waals surface area contributed by atoms with E-state index in [4.69, 9.17) is 10.00 Å². The molecule has 0 aliphatic rings. The van der Waals surface area contributed by atoms with Crippen molar-refractivity contribution < 1.29 is 4.74 Å². The van der Waals surface area contributed by atoms with Gasteiger partial charge in [-0.1, -0.05) is 12.1 Å². The van der Waals surface area contributed by atoms with Crippen LogP contribution in [-0.2, 0) is 0 Å². The van der Waals surface area contributed by atoms with E-state index in [9.17, 15) is 0 Å². The van der Waals surface area contributed by atoms with E-state index in [0.29, 0.717) is 23.0 Å². The highest BCUT2D eigenvalue weighted by Gasteiger charge is 2.01. The van der Waals surface area contributed by atoms with E-state index in [1.165, 1.54) is 6.20 Å². The Kier molecular flexibility index (Phi) is 3.94. The molecule has 0 saturated heterocycles. The summed E-state index contributed by atoms with van der Waals surface area (Å²) in [6.07, 6.45) is 3.20. The van der Waals surface area contributed by atoms with Crippen LogP contribution in [-0.4, -0.2) is 9.97 Å². The Labute approximate surface area is 127 Å². The number of ether oxygens (including phenoxy) is 1. The van der Waals surface area contributed by atoms with Gasteiger partial charge in [0.25, 0.3) is 0 Å². The second kappa shape index (κ2) is 6.37. The number of pyridine rings is 2. The van der Waals surface area contributed by atoms with Crippen molar-refractivity contribution in [3.05, 3.63) is 72.6 Å². The average molecular weight is 288 g/mol. The summed E-state index contributed by atoms with van der Waals surface area (Å²) < 4.78 is 5.68. The number of benzene rings is 1. The maximum absolute atomic E-state index is 8.76. The van der Waals surface area contributed by atoms with Gasteiger partial charge in [0.1, 0.15) is 17.6 Å². The molecule has 0 fully saturated rings. The number of nitrogens with zero attached hydrogens (tertiary/aromatic N) is 3. The van der Waals surface area contributed by atoms with Gasteiger partial charge in [-0.3, -0.25) is 0 Å². The van der Waals surface area contributed by atoms with Crippen LogP contribution in [0.5, 0.6) is 11.6 Å². The number of aromatic nitrogens is 2. The molecule has 5 nitrogen and oxygen atoms in total. The number of nitrogens with one attached hydrogen (secondary N) is 1. The van der Waals surface area contributed by atoms with E-state index in [-0.39, 0.29) is 0 Å². The summed E-state index contributed by atoms with van der Waals surface area (Å²) in [6.45, 7) is 0. The summed E-state index contributed by atoms with van der Waals surface area (Å²) >= 11 is 0. The molecule has 22 heavy (non-hydrogen) atoms. The van der Waals surface area contributed by atoms with E-state index in [1.807, 2.05) is 42.5 Å². The Morgan fingerprint density at radius 3 is 2.68 bits per heavy atom. The zero-order valence-corrected chi connectivity index (χ0v) is 11.6. The third kappa shape index (κ3) is 3.38. The first-order chi connectivity index (χ1) is 10.8. The lowest BCUT2D eigenvalue weighted by Crippen LogP contribution is -1.94. The van der Waals surface area contributed by atoms with Crippen LogP contribution in [0.4, 0.5) is 11.5 Å². The molecule has 1 aromatic carbocycles. The highest BCUT2D eigenvalue weighted by atomic mass is 16.5. The predicted octanol–water partition coefficient (Wildman–Crippen LogP) is 3.88. The molecule has 0 amide bonds. The first kappa shape index (κ1) is 13.6. The second-order valence-corrected chi connectivity index (χ2v) is 4.47. The van der Waals surface area contributed by atoms with Gasteiger partial charge in [0.15, 0.2) is 0 Å². The molecule has 0 aliphatic heterocycles. The molecule has 0 spiro atoms. The predicted molar refractivity (Wildman–Crippen MR) is 83.0 cm³/mol. The molecule has 0 aliphatic carbocycles. The molecule has 0 unspecified atom stereocenters. The highest BCUT2D eigenvalue weighted by molar-refractivity contribution is 5.58. The van der Waals surface area contributed by atoms with Crippen LogP contribution in [0.3, 0.4) is 0 Å². The standard InChI is InChI=1S/C17H12N4O/c18-11-13-7-8-16(20-12-13)21-14-4-3-5-15(10-14)22-17-6-1-2-9-19-17/h1-10,12H,(H,20,21). The van der Waals surface area contributed by atoms with Gasteiger partial charge < -0.3 is 10.1 Å². The van der Waals surface area contributed by atoms with Crippen molar-refractivity contribution in [2.45, 2.75) is 0 Å². The highest BCUT2D eigenvalue weighted by Crippen LogP contribution is 2.24. The molecule has 3 aromatic rings. The Morgan fingerprint density at radius 2 is 1.95 bits per heavy atom. The third-order valence-electron chi connectivity index (χ3n) is 2.86. The SMILES string of the molecule is N#Cc1ccc(Nc2cccc(Oc3ccccn3)c2)nc1. The van der Waals surface area contributed by atoms with Crippen molar-refractivity contribution in [3.8, 4) is 17.7 Å². The summed E-state index contributed by atoms with van der Waals surface area (Å²) in [7, 11) is 0. The smallest absolute Gasteiger partial charge is 0.219 e. The van der Waals surface area contributed by atoms with E-state index in [2.05, 4.69) is 15.3 Å². The van der Waals surface area contributed by atoms with E-state index in [1.54, 1.807) is 24.4 Å².